The summed E-state index contributed by atoms with van der Waals surface area (Å²) in [4.78, 5) is 33.9. The summed E-state index contributed by atoms with van der Waals surface area (Å²) in [5.74, 6) is 1.19. The van der Waals surface area contributed by atoms with E-state index in [-0.39, 0.29) is 5.56 Å². The normalized spacial score (nSPS) is 11.5. The molecular formula is C23H21N6OS2+. The van der Waals surface area contributed by atoms with Crippen molar-refractivity contribution in [2.75, 3.05) is 6.26 Å². The first-order valence-electron chi connectivity index (χ1n) is 10.1. The van der Waals surface area contributed by atoms with Gasteiger partial charge in [-0.15, -0.1) is 0 Å². The predicted molar refractivity (Wildman–Crippen MR) is 129 cm³/mol. The molecule has 7 nitrogen and oxygen atoms in total. The largest absolute Gasteiger partial charge is 0.360 e. The molecule has 0 spiro atoms. The molecule has 2 aromatic carbocycles. The molecule has 0 aliphatic heterocycles. The van der Waals surface area contributed by atoms with Crippen LogP contribution in [0, 0.1) is 13.8 Å². The maximum absolute atomic E-state index is 13.7. The summed E-state index contributed by atoms with van der Waals surface area (Å²) in [7, 11) is 0. The summed E-state index contributed by atoms with van der Waals surface area (Å²) in [6, 6.07) is 13.7. The van der Waals surface area contributed by atoms with Gasteiger partial charge in [-0.25, -0.2) is 9.97 Å². The number of benzene rings is 2. The van der Waals surface area contributed by atoms with Crippen LogP contribution in [0.25, 0.3) is 27.8 Å². The Morgan fingerprint density at radius 1 is 1.06 bits per heavy atom. The number of aromatic nitrogens is 6. The third-order valence-electron chi connectivity index (χ3n) is 5.34. The summed E-state index contributed by atoms with van der Waals surface area (Å²) >= 11 is 3.10. The third-order valence-corrected chi connectivity index (χ3v) is 6.92. The van der Waals surface area contributed by atoms with E-state index in [1.807, 2.05) is 62.6 Å². The number of hydrogen-bond acceptors (Lipinski definition) is 6. The van der Waals surface area contributed by atoms with Gasteiger partial charge in [0, 0.05) is 0 Å². The molecule has 3 aromatic heterocycles. The molecule has 5 rings (SSSR count). The topological polar surface area (TPSA) is 90.6 Å². The molecule has 0 aliphatic rings. The minimum atomic E-state index is -0.0480. The highest BCUT2D eigenvalue weighted by atomic mass is 32.2. The first-order valence-corrected chi connectivity index (χ1v) is 12.3. The smallest absolute Gasteiger partial charge is 0.337 e. The molecule has 0 aliphatic carbocycles. The maximum Gasteiger partial charge on any atom is 0.360 e. The standard InChI is InChI=1S/C23H20N6OS2/c1-13-7-4-5-10-16(13)29-17(26-15-9-6-8-14(2)18(15)22(29)30)11-32-21-19-20(25-12-24-19)27-23(28-21)31-3/h4-10,12H,11H2,1-3H3,(H,24,25,27,28)/p+1. The number of thioether (sulfide) groups is 2. The zero-order valence-electron chi connectivity index (χ0n) is 17.8. The Hall–Kier alpha value is -3.17. The van der Waals surface area contributed by atoms with E-state index in [2.05, 4.69) is 19.9 Å². The molecule has 0 atom stereocenters. The third kappa shape index (κ3) is 3.57. The van der Waals surface area contributed by atoms with Crippen molar-refractivity contribution in [3.05, 3.63) is 76.1 Å². The molecule has 0 saturated heterocycles. The minimum Gasteiger partial charge on any atom is -0.337 e. The molecule has 3 heterocycles. The van der Waals surface area contributed by atoms with E-state index in [4.69, 9.17) is 4.98 Å². The lowest BCUT2D eigenvalue weighted by Crippen LogP contribution is -2.25. The number of hydrogen-bond donors (Lipinski definition) is 1. The zero-order valence-corrected chi connectivity index (χ0v) is 19.5. The molecule has 0 saturated carbocycles. The van der Waals surface area contributed by atoms with Crippen LogP contribution in [-0.2, 0) is 5.75 Å². The van der Waals surface area contributed by atoms with Crippen LogP contribution in [0.1, 0.15) is 17.0 Å². The SMILES string of the molecule is CSc1nc2nc[nH]c2c(SCc2nc3cccc(C)c3c(=O)n2-c2ccccc2C)[nH+]1. The minimum absolute atomic E-state index is 0.0480. The lowest BCUT2D eigenvalue weighted by atomic mass is 10.1. The second-order valence-electron chi connectivity index (χ2n) is 7.39. The van der Waals surface area contributed by atoms with Crippen LogP contribution < -0.4 is 10.5 Å². The summed E-state index contributed by atoms with van der Waals surface area (Å²) in [6.45, 7) is 3.96. The lowest BCUT2D eigenvalue weighted by Gasteiger charge is -2.16. The molecule has 32 heavy (non-hydrogen) atoms. The Morgan fingerprint density at radius 2 is 1.88 bits per heavy atom. The van der Waals surface area contributed by atoms with E-state index in [0.717, 1.165) is 32.5 Å². The molecule has 2 N–H and O–H groups in total. The Balaban J connectivity index is 1.67. The number of rotatable bonds is 5. The first kappa shape index (κ1) is 20.7. The average molecular weight is 462 g/mol. The molecule has 0 unspecified atom stereocenters. The molecular weight excluding hydrogens is 440 g/mol. The highest BCUT2D eigenvalue weighted by Crippen LogP contribution is 2.27. The number of fused-ring (bicyclic) bond motifs is 2. The van der Waals surface area contributed by atoms with E-state index in [1.165, 1.54) is 11.8 Å². The molecule has 0 bridgehead atoms. The zero-order chi connectivity index (χ0) is 22.2. The fraction of sp³-hybridized carbons (Fsp3) is 0.174. The second-order valence-corrected chi connectivity index (χ2v) is 9.17. The monoisotopic (exact) mass is 461 g/mol. The van der Waals surface area contributed by atoms with Gasteiger partial charge in [-0.3, -0.25) is 9.36 Å². The number of aromatic amines is 2. The number of H-pyrrole nitrogens is 2. The average Bonchev–Trinajstić information content (AvgIpc) is 3.27. The van der Waals surface area contributed by atoms with Crippen molar-refractivity contribution in [2.45, 2.75) is 29.8 Å². The highest BCUT2D eigenvalue weighted by molar-refractivity contribution is 7.99. The molecule has 0 amide bonds. The molecule has 9 heteroatoms. The van der Waals surface area contributed by atoms with Crippen LogP contribution in [0.3, 0.4) is 0 Å². The Kier molecular flexibility index (Phi) is 5.44. The first-order chi connectivity index (χ1) is 15.6. The highest BCUT2D eigenvalue weighted by Gasteiger charge is 2.20. The van der Waals surface area contributed by atoms with Crippen molar-refractivity contribution >= 4 is 45.6 Å². The predicted octanol–water partition coefficient (Wildman–Crippen LogP) is 4.10. The van der Waals surface area contributed by atoms with Crippen LogP contribution in [0.5, 0.6) is 0 Å². The summed E-state index contributed by atoms with van der Waals surface area (Å²) < 4.78 is 1.75. The van der Waals surface area contributed by atoms with Crippen molar-refractivity contribution < 1.29 is 4.98 Å². The van der Waals surface area contributed by atoms with Gasteiger partial charge in [0.05, 0.1) is 28.7 Å². The van der Waals surface area contributed by atoms with Crippen molar-refractivity contribution in [3.63, 3.8) is 0 Å². The molecule has 160 valence electrons. The fourth-order valence-corrected chi connectivity index (χ4v) is 5.14. The van der Waals surface area contributed by atoms with E-state index in [1.54, 1.807) is 22.7 Å². The van der Waals surface area contributed by atoms with E-state index in [9.17, 15) is 4.79 Å². The van der Waals surface area contributed by atoms with Gasteiger partial charge >= 0.3 is 5.16 Å². The van der Waals surface area contributed by atoms with Crippen LogP contribution in [0.15, 0.2) is 63.8 Å². The number of para-hydroxylation sites is 1. The van der Waals surface area contributed by atoms with Gasteiger partial charge in [-0.05, 0) is 60.1 Å². The maximum atomic E-state index is 13.7. The van der Waals surface area contributed by atoms with Crippen molar-refractivity contribution in [3.8, 4) is 5.69 Å². The Bertz CT molecular complexity index is 1520. The molecule has 0 fully saturated rings. The second kappa shape index (κ2) is 8.40. The van der Waals surface area contributed by atoms with Gasteiger partial charge in [-0.2, -0.15) is 4.98 Å². The van der Waals surface area contributed by atoms with Crippen molar-refractivity contribution in [1.82, 2.24) is 24.5 Å². The van der Waals surface area contributed by atoms with Crippen molar-refractivity contribution in [2.24, 2.45) is 0 Å². The number of nitrogens with one attached hydrogen (secondary N) is 2. The van der Waals surface area contributed by atoms with Gasteiger partial charge in [0.2, 0.25) is 0 Å². The van der Waals surface area contributed by atoms with Gasteiger partial charge in [-0.1, -0.05) is 42.1 Å². The summed E-state index contributed by atoms with van der Waals surface area (Å²) in [6.07, 6.45) is 3.61. The summed E-state index contributed by atoms with van der Waals surface area (Å²) in [5, 5.41) is 2.35. The lowest BCUT2D eigenvalue weighted by molar-refractivity contribution is -0.475. The number of nitrogens with zero attached hydrogens (tertiary/aromatic N) is 4. The fourth-order valence-electron chi connectivity index (χ4n) is 3.77. The molecule has 0 radical (unpaired) electrons. The van der Waals surface area contributed by atoms with Gasteiger partial charge < -0.3 is 4.98 Å². The number of aryl methyl sites for hydroxylation is 2. The van der Waals surface area contributed by atoms with Gasteiger partial charge in [0.1, 0.15) is 5.82 Å². The quantitative estimate of drug-likeness (QED) is 0.241. The van der Waals surface area contributed by atoms with Gasteiger partial charge in [0.15, 0.2) is 10.5 Å². The molecule has 5 aromatic rings. The Morgan fingerprint density at radius 3 is 2.69 bits per heavy atom. The van der Waals surface area contributed by atoms with Crippen LogP contribution in [-0.4, -0.2) is 30.8 Å². The van der Waals surface area contributed by atoms with E-state index in [0.29, 0.717) is 28.1 Å². The summed E-state index contributed by atoms with van der Waals surface area (Å²) in [5.41, 5.74) is 4.96. The van der Waals surface area contributed by atoms with E-state index < -0.39 is 0 Å². The van der Waals surface area contributed by atoms with Crippen LogP contribution in [0.4, 0.5) is 0 Å². The Labute approximate surface area is 192 Å². The van der Waals surface area contributed by atoms with Crippen LogP contribution in [0.2, 0.25) is 0 Å². The van der Waals surface area contributed by atoms with E-state index >= 15 is 0 Å². The van der Waals surface area contributed by atoms with Crippen LogP contribution >= 0.6 is 23.5 Å². The van der Waals surface area contributed by atoms with Gasteiger partial charge in [0.25, 0.3) is 11.2 Å². The number of imidazole rings is 1. The van der Waals surface area contributed by atoms with Crippen molar-refractivity contribution in [1.29, 1.82) is 0 Å².